The molecule has 0 aliphatic rings. The Kier molecular flexibility index (Phi) is 38.7. The van der Waals surface area contributed by atoms with Gasteiger partial charge in [0.15, 0.2) is 0 Å². The van der Waals surface area contributed by atoms with E-state index in [4.69, 9.17) is 9.47 Å². The van der Waals surface area contributed by atoms with Gasteiger partial charge >= 0.3 is 11.9 Å². The summed E-state index contributed by atoms with van der Waals surface area (Å²) in [5, 5.41) is 0. The third kappa shape index (κ3) is 35.9. The van der Waals surface area contributed by atoms with Gasteiger partial charge < -0.3 is 19.3 Å². The summed E-state index contributed by atoms with van der Waals surface area (Å²) in [6.07, 6.45) is 35.6. The molecule has 52 heavy (non-hydrogen) atoms. The van der Waals surface area contributed by atoms with Gasteiger partial charge in [-0.3, -0.25) is 9.59 Å². The highest BCUT2D eigenvalue weighted by Gasteiger charge is 2.13. The van der Waals surface area contributed by atoms with Crippen LogP contribution in [0, 0.1) is 11.8 Å². The normalized spacial score (nSPS) is 12.3. The Morgan fingerprint density at radius 1 is 0.404 bits per heavy atom. The third-order valence-corrected chi connectivity index (χ3v) is 10.9. The number of hydrogen-bond acceptors (Lipinski definition) is 6. The Morgan fingerprint density at radius 3 is 1.13 bits per heavy atom. The molecule has 0 rings (SSSR count). The topological polar surface area (TPSA) is 59.1 Å². The van der Waals surface area contributed by atoms with E-state index in [1.54, 1.807) is 0 Å². The molecule has 1 unspecified atom stereocenters. The molecular weight excluding hydrogens is 645 g/mol. The second-order valence-corrected chi connectivity index (χ2v) is 16.5. The molecule has 0 aliphatic heterocycles. The summed E-state index contributed by atoms with van der Waals surface area (Å²) >= 11 is 0. The van der Waals surface area contributed by atoms with Crippen LogP contribution in [0.4, 0.5) is 0 Å². The molecule has 0 N–H and O–H groups in total. The minimum Gasteiger partial charge on any atom is -0.465 e. The van der Waals surface area contributed by atoms with Gasteiger partial charge in [0, 0.05) is 25.9 Å². The van der Waals surface area contributed by atoms with Crippen molar-refractivity contribution in [2.45, 2.75) is 220 Å². The minimum atomic E-state index is 0.0132. The molecule has 0 heterocycles. The highest BCUT2D eigenvalue weighted by molar-refractivity contribution is 5.69. The Labute approximate surface area is 325 Å². The van der Waals surface area contributed by atoms with Gasteiger partial charge in [-0.15, -0.1) is 0 Å². The summed E-state index contributed by atoms with van der Waals surface area (Å²) in [5.74, 6) is 1.14. The monoisotopic (exact) mass is 737 g/mol. The lowest BCUT2D eigenvalue weighted by molar-refractivity contribution is -0.146. The second-order valence-electron chi connectivity index (χ2n) is 16.5. The van der Waals surface area contributed by atoms with Crippen molar-refractivity contribution in [3.05, 3.63) is 0 Å². The maximum atomic E-state index is 12.3. The average molecular weight is 737 g/mol. The van der Waals surface area contributed by atoms with Crippen molar-refractivity contribution in [3.63, 3.8) is 0 Å². The lowest BCUT2D eigenvalue weighted by Gasteiger charge is -2.24. The lowest BCUT2D eigenvalue weighted by Crippen LogP contribution is -2.33. The highest BCUT2D eigenvalue weighted by Crippen LogP contribution is 2.20. The molecule has 0 aromatic heterocycles. The van der Waals surface area contributed by atoms with Crippen molar-refractivity contribution in [1.29, 1.82) is 0 Å². The molecule has 0 radical (unpaired) electrons. The fourth-order valence-corrected chi connectivity index (χ4v) is 7.18. The number of ether oxygens (including phenoxy) is 2. The molecule has 0 amide bonds. The maximum Gasteiger partial charge on any atom is 0.305 e. The molecule has 0 aromatic rings. The van der Waals surface area contributed by atoms with Crippen LogP contribution in [0.5, 0.6) is 0 Å². The first-order valence-corrected chi connectivity index (χ1v) is 23.0. The number of carbonyl (C=O) groups is 2. The first-order valence-electron chi connectivity index (χ1n) is 23.0. The van der Waals surface area contributed by atoms with Crippen LogP contribution in [0.3, 0.4) is 0 Å². The standard InChI is InChI=1S/C46H92N2O4/c1-7-11-15-26-34-44(33-14-10-4)42-52-46(50)36-28-23-19-17-21-25-30-38-48(40-39-47(5)6)37-29-24-20-16-18-22-27-35-45(49)51-41-43(31-12-8-2)32-13-9-3/h43-44H,7-42H2,1-6H3. The van der Waals surface area contributed by atoms with Crippen molar-refractivity contribution < 1.29 is 19.1 Å². The summed E-state index contributed by atoms with van der Waals surface area (Å²) in [4.78, 5) is 29.6. The van der Waals surface area contributed by atoms with E-state index in [2.05, 4.69) is 51.6 Å². The molecule has 0 spiro atoms. The molecule has 6 heteroatoms. The molecule has 310 valence electrons. The van der Waals surface area contributed by atoms with Gasteiger partial charge in [-0.25, -0.2) is 0 Å². The lowest BCUT2D eigenvalue weighted by atomic mass is 9.96. The fraction of sp³-hybridized carbons (Fsp3) is 0.957. The van der Waals surface area contributed by atoms with E-state index in [1.165, 1.54) is 167 Å². The smallest absolute Gasteiger partial charge is 0.305 e. The summed E-state index contributed by atoms with van der Waals surface area (Å²) in [7, 11) is 4.35. The van der Waals surface area contributed by atoms with Crippen molar-refractivity contribution in [1.82, 2.24) is 9.80 Å². The van der Waals surface area contributed by atoms with E-state index in [0.29, 0.717) is 37.9 Å². The van der Waals surface area contributed by atoms with E-state index < -0.39 is 0 Å². The van der Waals surface area contributed by atoms with Gasteiger partial charge in [0.25, 0.3) is 0 Å². The number of esters is 2. The van der Waals surface area contributed by atoms with Crippen LogP contribution < -0.4 is 0 Å². The molecule has 0 saturated heterocycles. The van der Waals surface area contributed by atoms with E-state index in [-0.39, 0.29) is 11.9 Å². The predicted octanol–water partition coefficient (Wildman–Crippen LogP) is 13.0. The summed E-state index contributed by atoms with van der Waals surface area (Å²) in [6.45, 7) is 15.0. The zero-order valence-corrected chi connectivity index (χ0v) is 36.1. The maximum absolute atomic E-state index is 12.3. The first kappa shape index (κ1) is 50.9. The summed E-state index contributed by atoms with van der Waals surface area (Å²) < 4.78 is 11.4. The summed E-state index contributed by atoms with van der Waals surface area (Å²) in [5.41, 5.74) is 0. The average Bonchev–Trinajstić information content (AvgIpc) is 3.13. The van der Waals surface area contributed by atoms with Crippen molar-refractivity contribution in [2.75, 3.05) is 53.5 Å². The number of carbonyl (C=O) groups excluding carboxylic acids is 2. The Hall–Kier alpha value is -1.14. The summed E-state index contributed by atoms with van der Waals surface area (Å²) in [6, 6.07) is 0. The van der Waals surface area contributed by atoms with Crippen molar-refractivity contribution in [2.24, 2.45) is 11.8 Å². The van der Waals surface area contributed by atoms with Crippen LogP contribution >= 0.6 is 0 Å². The fourth-order valence-electron chi connectivity index (χ4n) is 7.18. The van der Waals surface area contributed by atoms with Gasteiger partial charge in [0.2, 0.25) is 0 Å². The van der Waals surface area contributed by atoms with Gasteiger partial charge in [0.05, 0.1) is 13.2 Å². The zero-order chi connectivity index (χ0) is 38.3. The van der Waals surface area contributed by atoms with Gasteiger partial charge in [0.1, 0.15) is 0 Å². The predicted molar refractivity (Wildman–Crippen MR) is 225 cm³/mol. The van der Waals surface area contributed by atoms with Gasteiger partial charge in [-0.2, -0.15) is 0 Å². The SMILES string of the molecule is CCCCCCC(CCCC)COC(=O)CCCCCCCCCN(CCCCCCCCCC(=O)OCC(CCCC)CCCC)CCN(C)C. The quantitative estimate of drug-likeness (QED) is 0.0460. The molecule has 0 fully saturated rings. The van der Waals surface area contributed by atoms with Crippen LogP contribution in [0.2, 0.25) is 0 Å². The van der Waals surface area contributed by atoms with Crippen molar-refractivity contribution >= 4 is 11.9 Å². The number of nitrogens with zero attached hydrogens (tertiary/aromatic N) is 2. The molecular formula is C46H92N2O4. The molecule has 0 saturated carbocycles. The second kappa shape index (κ2) is 39.6. The Bertz CT molecular complexity index is 753. The third-order valence-electron chi connectivity index (χ3n) is 10.9. The van der Waals surface area contributed by atoms with E-state index in [1.807, 2.05) is 0 Å². The number of likely N-dealkylation sites (N-methyl/N-ethyl adjacent to an activating group) is 1. The van der Waals surface area contributed by atoms with Crippen LogP contribution in [-0.4, -0.2) is 75.2 Å². The van der Waals surface area contributed by atoms with Crippen LogP contribution in [0.25, 0.3) is 0 Å². The van der Waals surface area contributed by atoms with Crippen molar-refractivity contribution in [3.8, 4) is 0 Å². The number of rotatable bonds is 41. The van der Waals surface area contributed by atoms with Gasteiger partial charge in [-0.1, -0.05) is 156 Å². The molecule has 1 atom stereocenters. The van der Waals surface area contributed by atoms with E-state index in [0.717, 1.165) is 38.8 Å². The Balaban J connectivity index is 3.95. The number of unbranched alkanes of at least 4 members (excludes halogenated alkanes) is 18. The molecule has 0 aliphatic carbocycles. The Morgan fingerprint density at radius 2 is 0.750 bits per heavy atom. The zero-order valence-electron chi connectivity index (χ0n) is 36.1. The largest absolute Gasteiger partial charge is 0.465 e. The van der Waals surface area contributed by atoms with Crippen LogP contribution in [0.15, 0.2) is 0 Å². The van der Waals surface area contributed by atoms with E-state index in [9.17, 15) is 9.59 Å². The van der Waals surface area contributed by atoms with Crippen LogP contribution in [0.1, 0.15) is 220 Å². The van der Waals surface area contributed by atoms with Crippen LogP contribution in [-0.2, 0) is 19.1 Å². The van der Waals surface area contributed by atoms with Gasteiger partial charge in [-0.05, 0) is 90.4 Å². The highest BCUT2D eigenvalue weighted by atomic mass is 16.5. The number of hydrogen-bond donors (Lipinski definition) is 0. The molecule has 0 bridgehead atoms. The minimum absolute atomic E-state index is 0.0132. The molecule has 0 aromatic carbocycles. The van der Waals surface area contributed by atoms with E-state index >= 15 is 0 Å². The first-order chi connectivity index (χ1) is 25.4. The molecule has 6 nitrogen and oxygen atoms in total.